The monoisotopic (exact) mass is 262 g/mol. The molecule has 0 aliphatic heterocycles. The van der Waals surface area contributed by atoms with Crippen LogP contribution in [0.1, 0.15) is 48.5 Å². The summed E-state index contributed by atoms with van der Waals surface area (Å²) in [5, 5.41) is 9.45. The number of H-pyrrole nitrogens is 2. The number of carbonyl (C=O) groups is 1. The highest BCUT2D eigenvalue weighted by atomic mass is 16.2. The molecule has 2 aromatic heterocycles. The number of rotatable bonds is 6. The van der Waals surface area contributed by atoms with Gasteiger partial charge in [-0.15, -0.1) is 5.10 Å². The Kier molecular flexibility index (Phi) is 4.27. The van der Waals surface area contributed by atoms with Crippen LogP contribution in [0.15, 0.2) is 12.4 Å². The molecule has 7 heteroatoms. The smallest absolute Gasteiger partial charge is 0.290 e. The van der Waals surface area contributed by atoms with Gasteiger partial charge in [0.15, 0.2) is 0 Å². The van der Waals surface area contributed by atoms with Crippen molar-refractivity contribution in [3.8, 4) is 0 Å². The maximum Gasteiger partial charge on any atom is 0.290 e. The highest BCUT2D eigenvalue weighted by molar-refractivity contribution is 5.90. The maximum absolute atomic E-state index is 11.8. The van der Waals surface area contributed by atoms with Gasteiger partial charge in [0.1, 0.15) is 11.6 Å². The van der Waals surface area contributed by atoms with E-state index in [0.29, 0.717) is 6.54 Å². The highest BCUT2D eigenvalue weighted by Crippen LogP contribution is 2.07. The molecule has 0 bridgehead atoms. The normalized spacial score (nSPS) is 10.9. The topological polar surface area (TPSA) is 99.3 Å². The fourth-order valence-corrected chi connectivity index (χ4v) is 1.61. The Hall–Kier alpha value is -2.18. The first kappa shape index (κ1) is 13.3. The number of aromatic amines is 2. The predicted molar refractivity (Wildman–Crippen MR) is 69.7 cm³/mol. The number of hydrogen-bond donors (Lipinski definition) is 3. The summed E-state index contributed by atoms with van der Waals surface area (Å²) in [4.78, 5) is 23.0. The molecule has 0 aromatic carbocycles. The van der Waals surface area contributed by atoms with Gasteiger partial charge in [0, 0.05) is 31.3 Å². The van der Waals surface area contributed by atoms with E-state index >= 15 is 0 Å². The molecule has 0 spiro atoms. The Morgan fingerprint density at radius 2 is 2.32 bits per heavy atom. The predicted octanol–water partition coefficient (Wildman–Crippen LogP) is 1.01. The lowest BCUT2D eigenvalue weighted by Gasteiger charge is -2.01. The van der Waals surface area contributed by atoms with Crippen LogP contribution < -0.4 is 5.32 Å². The molecule has 102 valence electrons. The van der Waals surface area contributed by atoms with Crippen molar-refractivity contribution in [3.63, 3.8) is 0 Å². The Morgan fingerprint density at radius 3 is 2.95 bits per heavy atom. The molecule has 0 saturated heterocycles. The van der Waals surface area contributed by atoms with E-state index < -0.39 is 0 Å². The summed E-state index contributed by atoms with van der Waals surface area (Å²) in [7, 11) is 0. The van der Waals surface area contributed by atoms with Gasteiger partial charge >= 0.3 is 0 Å². The second kappa shape index (κ2) is 6.12. The molecule has 0 radical (unpaired) electrons. The van der Waals surface area contributed by atoms with Gasteiger partial charge in [0.25, 0.3) is 5.91 Å². The lowest BCUT2D eigenvalue weighted by atomic mass is 10.2. The zero-order chi connectivity index (χ0) is 13.7. The largest absolute Gasteiger partial charge is 0.349 e. The van der Waals surface area contributed by atoms with Gasteiger partial charge in [0.05, 0.1) is 0 Å². The van der Waals surface area contributed by atoms with Gasteiger partial charge in [-0.2, -0.15) is 0 Å². The molecule has 2 aromatic rings. The highest BCUT2D eigenvalue weighted by Gasteiger charge is 2.13. The molecule has 1 amide bonds. The molecule has 3 N–H and O–H groups in total. The minimum Gasteiger partial charge on any atom is -0.349 e. The summed E-state index contributed by atoms with van der Waals surface area (Å²) in [6, 6.07) is 0. The van der Waals surface area contributed by atoms with Crippen LogP contribution in [-0.4, -0.2) is 37.6 Å². The molecule has 2 rings (SSSR count). The van der Waals surface area contributed by atoms with E-state index in [0.717, 1.165) is 24.5 Å². The Labute approximate surface area is 111 Å². The van der Waals surface area contributed by atoms with Crippen molar-refractivity contribution in [1.82, 2.24) is 30.5 Å². The minimum atomic E-state index is -0.248. The van der Waals surface area contributed by atoms with Gasteiger partial charge in [-0.3, -0.25) is 9.89 Å². The molecule has 0 aliphatic carbocycles. The first-order valence-electron chi connectivity index (χ1n) is 6.35. The van der Waals surface area contributed by atoms with Crippen molar-refractivity contribution < 1.29 is 4.79 Å². The van der Waals surface area contributed by atoms with Crippen LogP contribution >= 0.6 is 0 Å². The fourth-order valence-electron chi connectivity index (χ4n) is 1.61. The van der Waals surface area contributed by atoms with Gasteiger partial charge in [-0.05, 0) is 6.42 Å². The third-order valence-electron chi connectivity index (χ3n) is 2.68. The van der Waals surface area contributed by atoms with Crippen molar-refractivity contribution in [2.45, 2.75) is 32.6 Å². The number of hydrogen-bond acceptors (Lipinski definition) is 4. The van der Waals surface area contributed by atoms with Gasteiger partial charge < -0.3 is 10.3 Å². The standard InChI is InChI=1S/C12H18N6O/c1-8(2)10-16-11(18-17-10)12(19)15-5-3-4-9-13-6-7-14-9/h6-8H,3-5H2,1-2H3,(H,13,14)(H,15,19)(H,16,17,18). The number of amides is 1. The number of nitrogens with zero attached hydrogens (tertiary/aromatic N) is 3. The molecule has 2 heterocycles. The summed E-state index contributed by atoms with van der Waals surface area (Å²) >= 11 is 0. The Bertz CT molecular complexity index is 516. The van der Waals surface area contributed by atoms with Crippen molar-refractivity contribution in [1.29, 1.82) is 0 Å². The van der Waals surface area contributed by atoms with E-state index in [9.17, 15) is 4.79 Å². The van der Waals surface area contributed by atoms with Crippen LogP contribution in [0.5, 0.6) is 0 Å². The SMILES string of the molecule is CC(C)c1nc(C(=O)NCCCc2ncc[nH]2)n[nH]1. The van der Waals surface area contributed by atoms with Crippen molar-refractivity contribution in [2.75, 3.05) is 6.54 Å². The zero-order valence-corrected chi connectivity index (χ0v) is 11.1. The third kappa shape index (κ3) is 3.64. The van der Waals surface area contributed by atoms with Crippen molar-refractivity contribution >= 4 is 5.91 Å². The first-order valence-corrected chi connectivity index (χ1v) is 6.35. The van der Waals surface area contributed by atoms with Crippen molar-refractivity contribution in [3.05, 3.63) is 29.9 Å². The molecule has 0 atom stereocenters. The molecular formula is C12H18N6O. The van der Waals surface area contributed by atoms with E-state index in [1.807, 2.05) is 13.8 Å². The summed E-state index contributed by atoms with van der Waals surface area (Å²) in [5.74, 6) is 1.83. The van der Waals surface area contributed by atoms with Crippen LogP contribution in [0.2, 0.25) is 0 Å². The second-order valence-corrected chi connectivity index (χ2v) is 4.59. The lowest BCUT2D eigenvalue weighted by molar-refractivity contribution is 0.0943. The summed E-state index contributed by atoms with van der Waals surface area (Å²) in [6.07, 6.45) is 5.13. The van der Waals surface area contributed by atoms with Crippen LogP contribution in [-0.2, 0) is 6.42 Å². The van der Waals surface area contributed by atoms with Gasteiger partial charge in [0.2, 0.25) is 5.82 Å². The number of carbonyl (C=O) groups excluding carboxylic acids is 1. The number of aryl methyl sites for hydroxylation is 1. The van der Waals surface area contributed by atoms with Crippen LogP contribution in [0.3, 0.4) is 0 Å². The van der Waals surface area contributed by atoms with E-state index in [1.165, 1.54) is 0 Å². The van der Waals surface area contributed by atoms with E-state index in [-0.39, 0.29) is 17.6 Å². The van der Waals surface area contributed by atoms with Gasteiger partial charge in [-0.1, -0.05) is 13.8 Å². The average molecular weight is 262 g/mol. The number of aromatic nitrogens is 5. The maximum atomic E-state index is 11.8. The van der Waals surface area contributed by atoms with Crippen LogP contribution in [0.4, 0.5) is 0 Å². The van der Waals surface area contributed by atoms with Crippen LogP contribution in [0, 0.1) is 0 Å². The number of imidazole rings is 1. The molecule has 0 saturated carbocycles. The molecule has 0 aliphatic rings. The van der Waals surface area contributed by atoms with E-state index in [2.05, 4.69) is 30.5 Å². The summed E-state index contributed by atoms with van der Waals surface area (Å²) in [5.41, 5.74) is 0. The molecule has 19 heavy (non-hydrogen) atoms. The third-order valence-corrected chi connectivity index (χ3v) is 2.68. The zero-order valence-electron chi connectivity index (χ0n) is 11.1. The Morgan fingerprint density at radius 1 is 1.47 bits per heavy atom. The summed E-state index contributed by atoms with van der Waals surface area (Å²) < 4.78 is 0. The molecule has 0 unspecified atom stereocenters. The van der Waals surface area contributed by atoms with Crippen molar-refractivity contribution in [2.24, 2.45) is 0 Å². The number of nitrogens with one attached hydrogen (secondary N) is 3. The Balaban J connectivity index is 1.74. The minimum absolute atomic E-state index is 0.196. The van der Waals surface area contributed by atoms with E-state index in [4.69, 9.17) is 0 Å². The average Bonchev–Trinajstić information content (AvgIpc) is 3.05. The van der Waals surface area contributed by atoms with Gasteiger partial charge in [-0.25, -0.2) is 9.97 Å². The first-order chi connectivity index (χ1) is 9.16. The molecular weight excluding hydrogens is 244 g/mol. The summed E-state index contributed by atoms with van der Waals surface area (Å²) in [6.45, 7) is 4.56. The van der Waals surface area contributed by atoms with Crippen LogP contribution in [0.25, 0.3) is 0 Å². The molecule has 7 nitrogen and oxygen atoms in total. The lowest BCUT2D eigenvalue weighted by Crippen LogP contribution is -2.26. The quantitative estimate of drug-likeness (QED) is 0.676. The molecule has 0 fully saturated rings. The second-order valence-electron chi connectivity index (χ2n) is 4.59. The fraction of sp³-hybridized carbons (Fsp3) is 0.500. The van der Waals surface area contributed by atoms with E-state index in [1.54, 1.807) is 12.4 Å².